The van der Waals surface area contributed by atoms with Crippen molar-refractivity contribution in [2.24, 2.45) is 5.10 Å². The number of carbonyl (C=O) groups is 1. The van der Waals surface area contributed by atoms with Gasteiger partial charge >= 0.3 is 0 Å². The third kappa shape index (κ3) is 4.38. The van der Waals surface area contributed by atoms with Crippen LogP contribution in [0.2, 0.25) is 0 Å². The number of nitrogens with zero attached hydrogens (tertiary/aromatic N) is 1. The Bertz CT molecular complexity index is 667. The van der Waals surface area contributed by atoms with E-state index in [2.05, 4.69) is 38.3 Å². The number of amides is 1. The maximum absolute atomic E-state index is 11.7. The molecule has 1 N–H and O–H groups in total. The minimum Gasteiger partial charge on any atom is -0.267 e. The third-order valence-corrected chi connectivity index (χ3v) is 2.92. The smallest absolute Gasteiger partial charge is 0.267 e. The standard InChI is InChI=1S/C16H11BrN2O/c17-15-10-8-14(9-11-15)16(20)19-18-12-4-7-13-5-2-1-3-6-13/h1-3,5-6,8-12H,(H,19,20)/b18-12+. The van der Waals surface area contributed by atoms with E-state index in [4.69, 9.17) is 0 Å². The molecule has 0 saturated heterocycles. The highest BCUT2D eigenvalue weighted by Crippen LogP contribution is 2.10. The molecule has 2 aromatic rings. The van der Waals surface area contributed by atoms with Gasteiger partial charge in [0, 0.05) is 15.6 Å². The van der Waals surface area contributed by atoms with Crippen molar-refractivity contribution in [3.8, 4) is 11.8 Å². The molecular formula is C16H11BrN2O. The monoisotopic (exact) mass is 326 g/mol. The Morgan fingerprint density at radius 3 is 2.50 bits per heavy atom. The Morgan fingerprint density at radius 2 is 1.80 bits per heavy atom. The lowest BCUT2D eigenvalue weighted by Crippen LogP contribution is -2.17. The van der Waals surface area contributed by atoms with Crippen LogP contribution in [0.1, 0.15) is 15.9 Å². The molecule has 2 aromatic carbocycles. The molecule has 0 radical (unpaired) electrons. The van der Waals surface area contributed by atoms with Crippen LogP contribution in [0.4, 0.5) is 0 Å². The summed E-state index contributed by atoms with van der Waals surface area (Å²) >= 11 is 3.31. The maximum atomic E-state index is 11.7. The second-order valence-corrected chi connectivity index (χ2v) is 4.76. The number of halogens is 1. The molecule has 1 amide bonds. The van der Waals surface area contributed by atoms with Gasteiger partial charge in [-0.1, -0.05) is 40.0 Å². The van der Waals surface area contributed by atoms with Crippen molar-refractivity contribution in [2.45, 2.75) is 0 Å². The van der Waals surface area contributed by atoms with Crippen LogP contribution in [-0.2, 0) is 0 Å². The van der Waals surface area contributed by atoms with Crippen molar-refractivity contribution in [3.05, 3.63) is 70.2 Å². The molecule has 0 atom stereocenters. The average Bonchev–Trinajstić information content (AvgIpc) is 2.48. The largest absolute Gasteiger partial charge is 0.271 e. The molecule has 0 aliphatic heterocycles. The molecule has 2 rings (SSSR count). The lowest BCUT2D eigenvalue weighted by atomic mass is 10.2. The van der Waals surface area contributed by atoms with Gasteiger partial charge in [-0.15, -0.1) is 0 Å². The van der Waals surface area contributed by atoms with Crippen molar-refractivity contribution in [1.82, 2.24) is 5.43 Å². The minimum absolute atomic E-state index is 0.268. The summed E-state index contributed by atoms with van der Waals surface area (Å²) in [6.07, 6.45) is 1.36. The number of hydrazone groups is 1. The van der Waals surface area contributed by atoms with Crippen LogP contribution in [0.15, 0.2) is 64.2 Å². The first-order valence-corrected chi connectivity index (χ1v) is 6.69. The van der Waals surface area contributed by atoms with E-state index < -0.39 is 0 Å². The Labute approximate surface area is 125 Å². The SMILES string of the molecule is O=C(N/N=C/C#Cc1ccccc1)c1ccc(Br)cc1. The second-order valence-electron chi connectivity index (χ2n) is 3.84. The third-order valence-electron chi connectivity index (χ3n) is 2.39. The molecule has 0 fully saturated rings. The fourth-order valence-electron chi connectivity index (χ4n) is 1.43. The molecule has 0 bridgehead atoms. The molecule has 0 heterocycles. The highest BCUT2D eigenvalue weighted by molar-refractivity contribution is 9.10. The minimum atomic E-state index is -0.268. The molecule has 0 aliphatic carbocycles. The first-order chi connectivity index (χ1) is 9.75. The quantitative estimate of drug-likeness (QED) is 0.514. The van der Waals surface area contributed by atoms with E-state index in [1.54, 1.807) is 24.3 Å². The summed E-state index contributed by atoms with van der Waals surface area (Å²) in [4.78, 5) is 11.7. The van der Waals surface area contributed by atoms with Gasteiger partial charge in [0.05, 0.1) is 6.21 Å². The summed E-state index contributed by atoms with van der Waals surface area (Å²) in [5.41, 5.74) is 3.86. The summed E-state index contributed by atoms with van der Waals surface area (Å²) < 4.78 is 0.922. The van der Waals surface area contributed by atoms with Crippen LogP contribution in [0.5, 0.6) is 0 Å². The number of carbonyl (C=O) groups excluding carboxylic acids is 1. The van der Waals surface area contributed by atoms with Crippen LogP contribution in [0.3, 0.4) is 0 Å². The van der Waals surface area contributed by atoms with Crippen molar-refractivity contribution < 1.29 is 4.79 Å². The fraction of sp³-hybridized carbons (Fsp3) is 0. The van der Waals surface area contributed by atoms with Gasteiger partial charge in [0.1, 0.15) is 0 Å². The van der Waals surface area contributed by atoms with Crippen LogP contribution < -0.4 is 5.43 Å². The predicted molar refractivity (Wildman–Crippen MR) is 83.4 cm³/mol. The van der Waals surface area contributed by atoms with Crippen LogP contribution in [-0.4, -0.2) is 12.1 Å². The molecule has 0 aromatic heterocycles. The topological polar surface area (TPSA) is 41.5 Å². The van der Waals surface area contributed by atoms with Gasteiger partial charge in [-0.3, -0.25) is 4.79 Å². The average molecular weight is 327 g/mol. The molecule has 0 unspecified atom stereocenters. The summed E-state index contributed by atoms with van der Waals surface area (Å²) in [7, 11) is 0. The molecule has 0 spiro atoms. The number of rotatable bonds is 2. The van der Waals surface area contributed by atoms with Gasteiger partial charge < -0.3 is 0 Å². The Balaban J connectivity index is 1.89. The summed E-state index contributed by atoms with van der Waals surface area (Å²) in [5, 5.41) is 3.78. The van der Waals surface area contributed by atoms with Crippen molar-refractivity contribution >= 4 is 28.1 Å². The van der Waals surface area contributed by atoms with Gasteiger partial charge in [0.2, 0.25) is 0 Å². The first-order valence-electron chi connectivity index (χ1n) is 5.90. The normalized spacial score (nSPS) is 9.85. The van der Waals surface area contributed by atoms with E-state index in [9.17, 15) is 4.79 Å². The van der Waals surface area contributed by atoms with Crippen molar-refractivity contribution in [3.63, 3.8) is 0 Å². The highest BCUT2D eigenvalue weighted by atomic mass is 79.9. The van der Waals surface area contributed by atoms with E-state index in [0.717, 1.165) is 10.0 Å². The van der Waals surface area contributed by atoms with E-state index in [1.165, 1.54) is 6.21 Å². The van der Waals surface area contributed by atoms with Gasteiger partial charge in [-0.2, -0.15) is 5.10 Å². The summed E-state index contributed by atoms with van der Waals surface area (Å²) in [5.74, 6) is 5.39. The van der Waals surface area contributed by atoms with Crippen molar-refractivity contribution in [2.75, 3.05) is 0 Å². The zero-order valence-electron chi connectivity index (χ0n) is 10.5. The fourth-order valence-corrected chi connectivity index (χ4v) is 1.69. The van der Waals surface area contributed by atoms with Crippen LogP contribution >= 0.6 is 15.9 Å². The molecule has 98 valence electrons. The molecule has 3 nitrogen and oxygen atoms in total. The highest BCUT2D eigenvalue weighted by Gasteiger charge is 2.02. The van der Waals surface area contributed by atoms with E-state index in [1.807, 2.05) is 30.3 Å². The number of hydrogen-bond acceptors (Lipinski definition) is 2. The van der Waals surface area contributed by atoms with Crippen LogP contribution in [0, 0.1) is 11.8 Å². The first kappa shape index (κ1) is 14.0. The van der Waals surface area contributed by atoms with Crippen molar-refractivity contribution in [1.29, 1.82) is 0 Å². The molecular weight excluding hydrogens is 316 g/mol. The predicted octanol–water partition coefficient (Wildman–Crippen LogP) is 3.22. The number of hydrogen-bond donors (Lipinski definition) is 1. The number of nitrogens with one attached hydrogen (secondary N) is 1. The molecule has 20 heavy (non-hydrogen) atoms. The lowest BCUT2D eigenvalue weighted by molar-refractivity contribution is 0.0955. The second kappa shape index (κ2) is 7.27. The van der Waals surface area contributed by atoms with E-state index >= 15 is 0 Å². The molecule has 4 heteroatoms. The lowest BCUT2D eigenvalue weighted by Gasteiger charge is -1.98. The zero-order valence-corrected chi connectivity index (χ0v) is 12.1. The Morgan fingerprint density at radius 1 is 1.10 bits per heavy atom. The van der Waals surface area contributed by atoms with Gasteiger partial charge in [0.15, 0.2) is 0 Å². The molecule has 0 aliphatic rings. The number of benzene rings is 2. The van der Waals surface area contributed by atoms with E-state index in [0.29, 0.717) is 5.56 Å². The van der Waals surface area contributed by atoms with Crippen LogP contribution in [0.25, 0.3) is 0 Å². The maximum Gasteiger partial charge on any atom is 0.271 e. The van der Waals surface area contributed by atoms with Gasteiger partial charge in [-0.05, 0) is 42.3 Å². The van der Waals surface area contributed by atoms with Gasteiger partial charge in [0.25, 0.3) is 5.91 Å². The van der Waals surface area contributed by atoms with E-state index in [-0.39, 0.29) is 5.91 Å². The molecule has 0 saturated carbocycles. The zero-order chi connectivity index (χ0) is 14.2. The summed E-state index contributed by atoms with van der Waals surface area (Å²) in [6.45, 7) is 0. The Hall–Kier alpha value is -2.38. The summed E-state index contributed by atoms with van der Waals surface area (Å²) in [6, 6.07) is 16.6. The van der Waals surface area contributed by atoms with Gasteiger partial charge in [-0.25, -0.2) is 5.43 Å². The Kier molecular flexibility index (Phi) is 5.10.